The molecule has 0 aliphatic carbocycles. The summed E-state index contributed by atoms with van der Waals surface area (Å²) >= 11 is 0. The van der Waals surface area contributed by atoms with Crippen LogP contribution in [-0.4, -0.2) is 28.1 Å². The van der Waals surface area contributed by atoms with E-state index in [0.717, 1.165) is 0 Å². The maximum atomic E-state index is 11.5. The van der Waals surface area contributed by atoms with Crippen molar-refractivity contribution in [3.63, 3.8) is 0 Å². The molecule has 0 aromatic carbocycles. The number of carboxylic acids is 1. The lowest BCUT2D eigenvalue weighted by atomic mass is 10.2. The highest BCUT2D eigenvalue weighted by Crippen LogP contribution is 2.01. The minimum absolute atomic E-state index is 0.122. The van der Waals surface area contributed by atoms with Crippen molar-refractivity contribution in [1.82, 2.24) is 15.6 Å². The maximum Gasteiger partial charge on any atom is 0.335 e. The second-order valence-electron chi connectivity index (χ2n) is 3.98. The average Bonchev–Trinajstić information content (AvgIpc) is 2.37. The van der Waals surface area contributed by atoms with Crippen LogP contribution in [0.4, 0.5) is 4.79 Å². The summed E-state index contributed by atoms with van der Waals surface area (Å²) in [6, 6.07) is 2.31. The predicted molar refractivity (Wildman–Crippen MR) is 69.5 cm³/mol. The Labute approximate surface area is 111 Å². The molecule has 100 valence electrons. The topological polar surface area (TPSA) is 91.3 Å². The summed E-state index contributed by atoms with van der Waals surface area (Å²) in [4.78, 5) is 26.2. The minimum Gasteiger partial charge on any atom is -0.478 e. The third-order valence-corrected chi connectivity index (χ3v) is 2.30. The summed E-state index contributed by atoms with van der Waals surface area (Å²) in [5, 5.41) is 14.1. The molecule has 0 saturated carbocycles. The first-order chi connectivity index (χ1) is 9.02. The standard InChI is InChI=1S/C13H15N3O3/c1-3-4-9(2)16-13(19)15-8-11-7-10(12(17)18)5-6-14-11/h1,5-7,9H,4,8H2,2H3,(H,17,18)(H2,15,16,19). The van der Waals surface area contributed by atoms with Gasteiger partial charge in [0, 0.05) is 18.7 Å². The molecular weight excluding hydrogens is 246 g/mol. The molecule has 1 rings (SSSR count). The second-order valence-corrected chi connectivity index (χ2v) is 3.98. The van der Waals surface area contributed by atoms with E-state index >= 15 is 0 Å². The van der Waals surface area contributed by atoms with E-state index in [4.69, 9.17) is 11.5 Å². The van der Waals surface area contributed by atoms with Gasteiger partial charge in [0.05, 0.1) is 17.8 Å². The van der Waals surface area contributed by atoms with E-state index in [1.807, 2.05) is 0 Å². The third-order valence-electron chi connectivity index (χ3n) is 2.30. The molecule has 1 aromatic rings. The summed E-state index contributed by atoms with van der Waals surface area (Å²) < 4.78 is 0. The van der Waals surface area contributed by atoms with Crippen LogP contribution in [0.2, 0.25) is 0 Å². The fourth-order valence-electron chi connectivity index (χ4n) is 1.38. The zero-order valence-electron chi connectivity index (χ0n) is 10.5. The lowest BCUT2D eigenvalue weighted by Crippen LogP contribution is -2.40. The number of aromatic carboxylic acids is 1. The highest BCUT2D eigenvalue weighted by molar-refractivity contribution is 5.87. The van der Waals surface area contributed by atoms with Crippen molar-refractivity contribution in [2.24, 2.45) is 0 Å². The number of hydrogen-bond donors (Lipinski definition) is 3. The number of urea groups is 1. The maximum absolute atomic E-state index is 11.5. The number of hydrogen-bond acceptors (Lipinski definition) is 3. The van der Waals surface area contributed by atoms with Crippen molar-refractivity contribution in [1.29, 1.82) is 0 Å². The summed E-state index contributed by atoms with van der Waals surface area (Å²) in [7, 11) is 0. The van der Waals surface area contributed by atoms with Crippen molar-refractivity contribution in [3.8, 4) is 12.3 Å². The van der Waals surface area contributed by atoms with Gasteiger partial charge in [-0.3, -0.25) is 4.98 Å². The largest absolute Gasteiger partial charge is 0.478 e. The number of aromatic nitrogens is 1. The smallest absolute Gasteiger partial charge is 0.335 e. The lowest BCUT2D eigenvalue weighted by Gasteiger charge is -2.11. The van der Waals surface area contributed by atoms with E-state index in [1.165, 1.54) is 18.3 Å². The SMILES string of the molecule is C#CCC(C)NC(=O)NCc1cc(C(=O)O)ccn1. The van der Waals surface area contributed by atoms with Crippen LogP contribution in [0.15, 0.2) is 18.3 Å². The number of terminal acetylenes is 1. The number of nitrogens with zero attached hydrogens (tertiary/aromatic N) is 1. The van der Waals surface area contributed by atoms with Crippen molar-refractivity contribution < 1.29 is 14.7 Å². The molecule has 19 heavy (non-hydrogen) atoms. The van der Waals surface area contributed by atoms with Gasteiger partial charge in [-0.1, -0.05) is 0 Å². The van der Waals surface area contributed by atoms with Crippen molar-refractivity contribution in [2.45, 2.75) is 25.9 Å². The van der Waals surface area contributed by atoms with Crippen molar-refractivity contribution in [3.05, 3.63) is 29.6 Å². The van der Waals surface area contributed by atoms with Crippen LogP contribution in [-0.2, 0) is 6.54 Å². The van der Waals surface area contributed by atoms with Gasteiger partial charge >= 0.3 is 12.0 Å². The van der Waals surface area contributed by atoms with Crippen LogP contribution in [0, 0.1) is 12.3 Å². The summed E-state index contributed by atoms with van der Waals surface area (Å²) in [5.41, 5.74) is 0.604. The first kappa shape index (κ1) is 14.5. The van der Waals surface area contributed by atoms with Gasteiger partial charge < -0.3 is 15.7 Å². The summed E-state index contributed by atoms with van der Waals surface area (Å²) in [6.07, 6.45) is 6.96. The molecule has 0 bridgehead atoms. The molecule has 3 N–H and O–H groups in total. The molecule has 0 spiro atoms. The fraction of sp³-hybridized carbons (Fsp3) is 0.308. The van der Waals surface area contributed by atoms with Crippen LogP contribution in [0.25, 0.3) is 0 Å². The van der Waals surface area contributed by atoms with Gasteiger partial charge in [-0.15, -0.1) is 12.3 Å². The highest BCUT2D eigenvalue weighted by atomic mass is 16.4. The number of pyridine rings is 1. The van der Waals surface area contributed by atoms with Gasteiger partial charge in [-0.25, -0.2) is 9.59 Å². The monoisotopic (exact) mass is 261 g/mol. The van der Waals surface area contributed by atoms with Gasteiger partial charge in [-0.2, -0.15) is 0 Å². The number of carbonyl (C=O) groups excluding carboxylic acids is 1. The predicted octanol–water partition coefficient (Wildman–Crippen LogP) is 0.991. The Hall–Kier alpha value is -2.55. The zero-order chi connectivity index (χ0) is 14.3. The minimum atomic E-state index is -1.03. The normalized spacial score (nSPS) is 11.2. The molecule has 6 heteroatoms. The Bertz CT molecular complexity index is 508. The quantitative estimate of drug-likeness (QED) is 0.689. The van der Waals surface area contributed by atoms with Gasteiger partial charge in [0.1, 0.15) is 0 Å². The highest BCUT2D eigenvalue weighted by Gasteiger charge is 2.07. The van der Waals surface area contributed by atoms with Crippen molar-refractivity contribution >= 4 is 12.0 Å². The van der Waals surface area contributed by atoms with Crippen LogP contribution >= 0.6 is 0 Å². The Kier molecular flexibility index (Phi) is 5.35. The first-order valence-corrected chi connectivity index (χ1v) is 5.69. The van der Waals surface area contributed by atoms with Crippen LogP contribution in [0.1, 0.15) is 29.4 Å². The molecule has 1 heterocycles. The van der Waals surface area contributed by atoms with Gasteiger partial charge in [0.15, 0.2) is 0 Å². The molecular formula is C13H15N3O3. The zero-order valence-corrected chi connectivity index (χ0v) is 10.5. The Morgan fingerprint density at radius 1 is 1.58 bits per heavy atom. The van der Waals surface area contributed by atoms with Crippen LogP contribution in [0.3, 0.4) is 0 Å². The molecule has 1 atom stereocenters. The Balaban J connectivity index is 2.48. The third kappa shape index (κ3) is 5.08. The molecule has 0 aliphatic rings. The van der Waals surface area contributed by atoms with E-state index in [1.54, 1.807) is 6.92 Å². The number of rotatable bonds is 5. The number of amides is 2. The molecule has 0 fully saturated rings. The van der Waals surface area contributed by atoms with Gasteiger partial charge in [0.2, 0.25) is 0 Å². The van der Waals surface area contributed by atoms with E-state index in [-0.39, 0.29) is 24.2 Å². The number of carboxylic acid groups (broad SMARTS) is 1. The van der Waals surface area contributed by atoms with E-state index < -0.39 is 5.97 Å². The van der Waals surface area contributed by atoms with Crippen LogP contribution in [0.5, 0.6) is 0 Å². The molecule has 2 amide bonds. The summed E-state index contributed by atoms with van der Waals surface area (Å²) in [6.45, 7) is 1.94. The molecule has 6 nitrogen and oxygen atoms in total. The second kappa shape index (κ2) is 7.01. The van der Waals surface area contributed by atoms with Crippen LogP contribution < -0.4 is 10.6 Å². The molecule has 0 radical (unpaired) electrons. The first-order valence-electron chi connectivity index (χ1n) is 5.69. The molecule has 1 unspecified atom stereocenters. The Morgan fingerprint density at radius 3 is 2.95 bits per heavy atom. The van der Waals surface area contributed by atoms with E-state index in [2.05, 4.69) is 21.5 Å². The number of nitrogens with one attached hydrogen (secondary N) is 2. The molecule has 0 saturated heterocycles. The summed E-state index contributed by atoms with van der Waals surface area (Å²) in [5.74, 6) is 1.41. The van der Waals surface area contributed by atoms with E-state index in [0.29, 0.717) is 12.1 Å². The fourth-order valence-corrected chi connectivity index (χ4v) is 1.38. The average molecular weight is 261 g/mol. The van der Waals surface area contributed by atoms with Gasteiger partial charge in [0.25, 0.3) is 0 Å². The molecule has 0 aliphatic heterocycles. The lowest BCUT2D eigenvalue weighted by molar-refractivity contribution is 0.0696. The Morgan fingerprint density at radius 2 is 2.32 bits per heavy atom. The number of carbonyl (C=O) groups is 2. The van der Waals surface area contributed by atoms with E-state index in [9.17, 15) is 9.59 Å². The van der Waals surface area contributed by atoms with Crippen molar-refractivity contribution in [2.75, 3.05) is 0 Å². The molecule has 1 aromatic heterocycles. The van der Waals surface area contributed by atoms with Gasteiger partial charge in [-0.05, 0) is 19.1 Å².